The van der Waals surface area contributed by atoms with Gasteiger partial charge in [-0.25, -0.2) is 4.98 Å². The molecule has 0 bridgehead atoms. The molecule has 1 aromatic heterocycles. The van der Waals surface area contributed by atoms with Crippen LogP contribution in [0.15, 0.2) is 55.5 Å². The Hall–Kier alpha value is -1.94. The molecule has 0 radical (unpaired) electrons. The molecule has 0 N–H and O–H groups in total. The van der Waals surface area contributed by atoms with Gasteiger partial charge in [-0.2, -0.15) is 0 Å². The van der Waals surface area contributed by atoms with Crippen LogP contribution >= 0.6 is 11.6 Å². The lowest BCUT2D eigenvalue weighted by Gasteiger charge is -2.39. The summed E-state index contributed by atoms with van der Waals surface area (Å²) in [5, 5.41) is 0.799. The van der Waals surface area contributed by atoms with Crippen LogP contribution < -0.4 is 0 Å². The van der Waals surface area contributed by atoms with E-state index in [1.54, 1.807) is 12.5 Å². The van der Waals surface area contributed by atoms with E-state index in [4.69, 9.17) is 21.1 Å². The monoisotopic (exact) mass is 372 g/mol. The normalized spacial score (nSPS) is 24.2. The van der Waals surface area contributed by atoms with Crippen LogP contribution in [0.4, 0.5) is 0 Å². The quantitative estimate of drug-likeness (QED) is 0.684. The SMILES string of the molecule is Clc1ccc(CCC2CCCCC2C(C2OC=CO2)n2ccnc2)cc1. The summed E-state index contributed by atoms with van der Waals surface area (Å²) in [5.74, 6) is 1.18. The Labute approximate surface area is 159 Å². The van der Waals surface area contributed by atoms with Crippen molar-refractivity contribution in [2.45, 2.75) is 50.9 Å². The molecule has 0 spiro atoms. The number of imidazole rings is 1. The number of hydrogen-bond acceptors (Lipinski definition) is 3. The van der Waals surface area contributed by atoms with E-state index in [0.29, 0.717) is 11.8 Å². The van der Waals surface area contributed by atoms with Gasteiger partial charge in [0.05, 0.1) is 6.33 Å². The Bertz CT molecular complexity index is 706. The van der Waals surface area contributed by atoms with Crippen molar-refractivity contribution in [2.75, 3.05) is 0 Å². The van der Waals surface area contributed by atoms with E-state index in [1.807, 2.05) is 30.9 Å². The molecule has 4 rings (SSSR count). The molecule has 1 saturated carbocycles. The van der Waals surface area contributed by atoms with Crippen molar-refractivity contribution in [1.82, 2.24) is 9.55 Å². The molecule has 2 heterocycles. The van der Waals surface area contributed by atoms with Crippen LogP contribution in [0.5, 0.6) is 0 Å². The minimum absolute atomic E-state index is 0.156. The van der Waals surface area contributed by atoms with Gasteiger partial charge >= 0.3 is 0 Å². The molecule has 2 aliphatic rings. The van der Waals surface area contributed by atoms with Crippen LogP contribution in [0.25, 0.3) is 0 Å². The molecule has 3 atom stereocenters. The highest BCUT2D eigenvalue weighted by atomic mass is 35.5. The van der Waals surface area contributed by atoms with Gasteiger partial charge < -0.3 is 14.0 Å². The maximum atomic E-state index is 6.01. The molecule has 1 fully saturated rings. The van der Waals surface area contributed by atoms with Crippen molar-refractivity contribution in [3.05, 3.63) is 66.1 Å². The molecule has 2 aromatic rings. The highest BCUT2D eigenvalue weighted by molar-refractivity contribution is 6.30. The largest absolute Gasteiger partial charge is 0.457 e. The van der Waals surface area contributed by atoms with Crippen LogP contribution in [-0.2, 0) is 15.9 Å². The average molecular weight is 373 g/mol. The topological polar surface area (TPSA) is 36.3 Å². The van der Waals surface area contributed by atoms with Gasteiger partial charge in [0, 0.05) is 17.4 Å². The summed E-state index contributed by atoms with van der Waals surface area (Å²) >= 11 is 6.01. The first-order valence-electron chi connectivity index (χ1n) is 9.49. The maximum Gasteiger partial charge on any atom is 0.260 e. The van der Waals surface area contributed by atoms with E-state index in [0.717, 1.165) is 11.4 Å². The van der Waals surface area contributed by atoms with Gasteiger partial charge in [0.2, 0.25) is 0 Å². The Morgan fingerprint density at radius 1 is 1.12 bits per heavy atom. The minimum atomic E-state index is -0.259. The Kier molecular flexibility index (Phi) is 5.49. The Morgan fingerprint density at radius 3 is 2.62 bits per heavy atom. The second kappa shape index (κ2) is 8.17. The van der Waals surface area contributed by atoms with Crippen molar-refractivity contribution in [1.29, 1.82) is 0 Å². The number of aryl methyl sites for hydroxylation is 1. The molecule has 1 aliphatic carbocycles. The highest BCUT2D eigenvalue weighted by Crippen LogP contribution is 2.43. The number of rotatable bonds is 6. The number of aromatic nitrogens is 2. The van der Waals surface area contributed by atoms with Crippen LogP contribution in [0.2, 0.25) is 5.02 Å². The van der Waals surface area contributed by atoms with E-state index in [9.17, 15) is 0 Å². The zero-order valence-electron chi connectivity index (χ0n) is 14.8. The Balaban J connectivity index is 1.50. The van der Waals surface area contributed by atoms with Crippen molar-refractivity contribution in [2.24, 2.45) is 11.8 Å². The molecule has 26 heavy (non-hydrogen) atoms. The lowest BCUT2D eigenvalue weighted by Crippen LogP contribution is -2.37. The molecule has 1 aromatic carbocycles. The summed E-state index contributed by atoms with van der Waals surface area (Å²) in [5.41, 5.74) is 1.35. The fourth-order valence-electron chi connectivity index (χ4n) is 4.47. The predicted molar refractivity (Wildman–Crippen MR) is 102 cm³/mol. The standard InChI is InChI=1S/C21H25ClN2O2/c22-18-9-6-16(7-10-18)5-8-17-3-1-2-4-19(17)20(21-25-13-14-26-21)24-12-11-23-15-24/h6-7,9-15,17,19-21H,1-5,8H2. The van der Waals surface area contributed by atoms with Gasteiger partial charge in [-0.15, -0.1) is 0 Å². The average Bonchev–Trinajstić information content (AvgIpc) is 3.37. The summed E-state index contributed by atoms with van der Waals surface area (Å²) in [6, 6.07) is 8.40. The van der Waals surface area contributed by atoms with Gasteiger partial charge in [0.1, 0.15) is 18.6 Å². The molecule has 1 aliphatic heterocycles. The molecule has 3 unspecified atom stereocenters. The van der Waals surface area contributed by atoms with Crippen molar-refractivity contribution < 1.29 is 9.47 Å². The zero-order valence-corrected chi connectivity index (χ0v) is 15.6. The van der Waals surface area contributed by atoms with Gasteiger partial charge in [-0.3, -0.25) is 0 Å². The zero-order chi connectivity index (χ0) is 17.8. The van der Waals surface area contributed by atoms with Gasteiger partial charge in [-0.05, 0) is 48.8 Å². The second-order valence-electron chi connectivity index (χ2n) is 7.29. The van der Waals surface area contributed by atoms with E-state index >= 15 is 0 Å². The molecule has 0 saturated heterocycles. The lowest BCUT2D eigenvalue weighted by atomic mass is 9.72. The summed E-state index contributed by atoms with van der Waals surface area (Å²) in [4.78, 5) is 4.26. The van der Waals surface area contributed by atoms with E-state index < -0.39 is 0 Å². The number of benzene rings is 1. The minimum Gasteiger partial charge on any atom is -0.457 e. The van der Waals surface area contributed by atoms with Crippen LogP contribution in [-0.4, -0.2) is 15.8 Å². The molecular formula is C21H25ClN2O2. The van der Waals surface area contributed by atoms with E-state index in [-0.39, 0.29) is 12.3 Å². The van der Waals surface area contributed by atoms with Gasteiger partial charge in [0.25, 0.3) is 6.29 Å². The fourth-order valence-corrected chi connectivity index (χ4v) is 4.59. The third kappa shape index (κ3) is 3.90. The number of nitrogens with zero attached hydrogens (tertiary/aromatic N) is 2. The van der Waals surface area contributed by atoms with Gasteiger partial charge in [0.15, 0.2) is 0 Å². The van der Waals surface area contributed by atoms with Crippen LogP contribution in [0, 0.1) is 11.8 Å². The van der Waals surface area contributed by atoms with Crippen LogP contribution in [0.1, 0.15) is 43.7 Å². The fraction of sp³-hybridized carbons (Fsp3) is 0.476. The summed E-state index contributed by atoms with van der Waals surface area (Å²) in [7, 11) is 0. The first-order chi connectivity index (χ1) is 12.8. The first kappa shape index (κ1) is 17.5. The number of halogens is 1. The second-order valence-corrected chi connectivity index (χ2v) is 7.72. The summed E-state index contributed by atoms with van der Waals surface area (Å²) in [6.45, 7) is 0. The highest BCUT2D eigenvalue weighted by Gasteiger charge is 2.39. The molecular weight excluding hydrogens is 348 g/mol. The Morgan fingerprint density at radius 2 is 1.88 bits per heavy atom. The summed E-state index contributed by atoms with van der Waals surface area (Å²) < 4.78 is 13.7. The third-order valence-corrected chi connectivity index (χ3v) is 6.00. The molecule has 0 amide bonds. The predicted octanol–water partition coefficient (Wildman–Crippen LogP) is 5.36. The van der Waals surface area contributed by atoms with Crippen molar-refractivity contribution in [3.63, 3.8) is 0 Å². The first-order valence-corrected chi connectivity index (χ1v) is 9.87. The molecule has 5 heteroatoms. The van der Waals surface area contributed by atoms with Crippen molar-refractivity contribution in [3.8, 4) is 0 Å². The maximum absolute atomic E-state index is 6.01. The molecule has 138 valence electrons. The molecule has 4 nitrogen and oxygen atoms in total. The summed E-state index contributed by atoms with van der Waals surface area (Å²) in [6.07, 6.45) is 16.1. The lowest BCUT2D eigenvalue weighted by molar-refractivity contribution is -0.0906. The van der Waals surface area contributed by atoms with E-state index in [1.165, 1.54) is 37.7 Å². The smallest absolute Gasteiger partial charge is 0.260 e. The van der Waals surface area contributed by atoms with Crippen LogP contribution in [0.3, 0.4) is 0 Å². The van der Waals surface area contributed by atoms with E-state index in [2.05, 4.69) is 21.7 Å². The third-order valence-electron chi connectivity index (χ3n) is 5.75. The van der Waals surface area contributed by atoms with Crippen molar-refractivity contribution >= 4 is 11.6 Å². The number of hydrogen-bond donors (Lipinski definition) is 0. The van der Waals surface area contributed by atoms with Gasteiger partial charge in [-0.1, -0.05) is 43.0 Å². The number of ether oxygens (including phenoxy) is 2.